The molecule has 0 saturated carbocycles. The largest absolute Gasteiger partial charge is 0.496 e. The molecule has 0 unspecified atom stereocenters. The molecule has 0 radical (unpaired) electrons. The molecule has 0 aromatic heterocycles. The molecule has 0 atom stereocenters. The van der Waals surface area contributed by atoms with Gasteiger partial charge in [0.2, 0.25) is 0 Å². The molecule has 2 aromatic carbocycles. The minimum atomic E-state index is 0.102. The Balaban J connectivity index is 2.53. The molecule has 5 heteroatoms. The van der Waals surface area contributed by atoms with E-state index in [-0.39, 0.29) is 5.23 Å². The third-order valence-electron chi connectivity index (χ3n) is 2.81. The second kappa shape index (κ2) is 6.06. The van der Waals surface area contributed by atoms with Crippen molar-refractivity contribution >= 4 is 21.6 Å². The standard InChI is InChI=1S/C14H14BrNO3/c1-19-14-6-5-10(9-15)7-13(14)11-3-2-4-12(8-11)16(17)18/h2-8,17-18H,9H2,1H3. The van der Waals surface area contributed by atoms with E-state index in [9.17, 15) is 0 Å². The van der Waals surface area contributed by atoms with Crippen molar-refractivity contribution in [2.45, 2.75) is 5.33 Å². The summed E-state index contributed by atoms with van der Waals surface area (Å²) < 4.78 is 5.35. The van der Waals surface area contributed by atoms with Crippen LogP contribution in [-0.2, 0) is 5.33 Å². The average Bonchev–Trinajstić information content (AvgIpc) is 2.46. The van der Waals surface area contributed by atoms with E-state index in [1.54, 1.807) is 25.3 Å². The van der Waals surface area contributed by atoms with Crippen molar-refractivity contribution in [2.24, 2.45) is 0 Å². The second-order valence-electron chi connectivity index (χ2n) is 4.01. The summed E-state index contributed by atoms with van der Waals surface area (Å²) in [5.41, 5.74) is 3.17. The average molecular weight is 324 g/mol. The Morgan fingerprint density at radius 3 is 2.58 bits per heavy atom. The van der Waals surface area contributed by atoms with E-state index in [0.717, 1.165) is 27.8 Å². The van der Waals surface area contributed by atoms with Gasteiger partial charge in [-0.2, -0.15) is 0 Å². The first kappa shape index (κ1) is 13.9. The van der Waals surface area contributed by atoms with Crippen LogP contribution in [0.2, 0.25) is 0 Å². The minimum absolute atomic E-state index is 0.102. The molecule has 100 valence electrons. The zero-order valence-corrected chi connectivity index (χ0v) is 12.0. The molecular formula is C14H14BrNO3. The van der Waals surface area contributed by atoms with Crippen molar-refractivity contribution in [2.75, 3.05) is 12.3 Å². The molecule has 0 aliphatic heterocycles. The van der Waals surface area contributed by atoms with Gasteiger partial charge in [-0.15, -0.1) is 5.23 Å². The normalized spacial score (nSPS) is 10.3. The van der Waals surface area contributed by atoms with E-state index in [4.69, 9.17) is 15.2 Å². The zero-order chi connectivity index (χ0) is 13.8. The summed E-state index contributed by atoms with van der Waals surface area (Å²) in [7, 11) is 1.61. The van der Waals surface area contributed by atoms with Crippen LogP contribution in [0, 0.1) is 0 Å². The summed E-state index contributed by atoms with van der Waals surface area (Å²) in [4.78, 5) is 0. The lowest BCUT2D eigenvalue weighted by Crippen LogP contribution is -2.10. The number of ether oxygens (including phenoxy) is 1. The number of nitrogens with zero attached hydrogens (tertiary/aromatic N) is 1. The highest BCUT2D eigenvalue weighted by Crippen LogP contribution is 2.33. The van der Waals surface area contributed by atoms with Gasteiger partial charge in [0.25, 0.3) is 0 Å². The molecule has 2 N–H and O–H groups in total. The Bertz CT molecular complexity index is 572. The van der Waals surface area contributed by atoms with E-state index in [1.165, 1.54) is 0 Å². The van der Waals surface area contributed by atoms with Gasteiger partial charge in [0.05, 0.1) is 12.8 Å². The summed E-state index contributed by atoms with van der Waals surface area (Å²) in [6.07, 6.45) is 0. The smallest absolute Gasteiger partial charge is 0.126 e. The van der Waals surface area contributed by atoms with Gasteiger partial charge in [0.15, 0.2) is 0 Å². The number of rotatable bonds is 4. The fourth-order valence-corrected chi connectivity index (χ4v) is 2.21. The first-order valence-corrected chi connectivity index (χ1v) is 6.79. The molecule has 19 heavy (non-hydrogen) atoms. The van der Waals surface area contributed by atoms with E-state index < -0.39 is 0 Å². The van der Waals surface area contributed by atoms with Gasteiger partial charge in [0.1, 0.15) is 5.75 Å². The van der Waals surface area contributed by atoms with Crippen LogP contribution in [0.3, 0.4) is 0 Å². The van der Waals surface area contributed by atoms with Crippen molar-refractivity contribution in [3.63, 3.8) is 0 Å². The van der Waals surface area contributed by atoms with Crippen LogP contribution in [0.1, 0.15) is 5.56 Å². The Labute approximate surface area is 119 Å². The summed E-state index contributed by atoms with van der Waals surface area (Å²) >= 11 is 3.42. The third-order valence-corrected chi connectivity index (χ3v) is 3.45. The van der Waals surface area contributed by atoms with Gasteiger partial charge in [-0.3, -0.25) is 10.4 Å². The first-order chi connectivity index (χ1) is 9.15. The highest BCUT2D eigenvalue weighted by Gasteiger charge is 2.09. The number of benzene rings is 2. The van der Waals surface area contributed by atoms with Crippen LogP contribution in [0.4, 0.5) is 5.69 Å². The summed E-state index contributed by atoms with van der Waals surface area (Å²) in [5.74, 6) is 0.740. The Morgan fingerprint density at radius 1 is 1.16 bits per heavy atom. The fraction of sp³-hybridized carbons (Fsp3) is 0.143. The molecular weight excluding hydrogens is 310 g/mol. The quantitative estimate of drug-likeness (QED) is 0.663. The van der Waals surface area contributed by atoms with Crippen LogP contribution in [-0.4, -0.2) is 17.5 Å². The Kier molecular flexibility index (Phi) is 4.42. The molecule has 0 amide bonds. The van der Waals surface area contributed by atoms with E-state index in [1.807, 2.05) is 24.3 Å². The maximum Gasteiger partial charge on any atom is 0.126 e. The van der Waals surface area contributed by atoms with Crippen molar-refractivity contribution in [3.05, 3.63) is 48.0 Å². The van der Waals surface area contributed by atoms with Crippen LogP contribution in [0.15, 0.2) is 42.5 Å². The summed E-state index contributed by atoms with van der Waals surface area (Å²) in [6, 6.07) is 12.8. The predicted molar refractivity (Wildman–Crippen MR) is 77.1 cm³/mol. The molecule has 0 heterocycles. The van der Waals surface area contributed by atoms with Crippen molar-refractivity contribution < 1.29 is 15.2 Å². The van der Waals surface area contributed by atoms with E-state index >= 15 is 0 Å². The molecule has 4 nitrogen and oxygen atoms in total. The number of hydrogen-bond donors (Lipinski definition) is 2. The number of hydrogen-bond acceptors (Lipinski definition) is 4. The van der Waals surface area contributed by atoms with Crippen LogP contribution in [0.5, 0.6) is 5.75 Å². The molecule has 0 bridgehead atoms. The van der Waals surface area contributed by atoms with Gasteiger partial charge < -0.3 is 4.74 Å². The number of anilines is 1. The Morgan fingerprint density at radius 2 is 1.95 bits per heavy atom. The predicted octanol–water partition coefficient (Wildman–Crippen LogP) is 3.84. The highest BCUT2D eigenvalue weighted by atomic mass is 79.9. The SMILES string of the molecule is COc1ccc(CBr)cc1-c1cccc(N(O)O)c1. The number of methoxy groups -OCH3 is 1. The van der Waals surface area contributed by atoms with Gasteiger partial charge in [-0.1, -0.05) is 34.1 Å². The lowest BCUT2D eigenvalue weighted by Gasteiger charge is -2.13. The van der Waals surface area contributed by atoms with Gasteiger partial charge in [0, 0.05) is 10.9 Å². The number of alkyl halides is 1. The van der Waals surface area contributed by atoms with Crippen molar-refractivity contribution in [3.8, 4) is 16.9 Å². The molecule has 0 aliphatic rings. The summed E-state index contributed by atoms with van der Waals surface area (Å²) in [6.45, 7) is 0. The lowest BCUT2D eigenvalue weighted by atomic mass is 10.0. The van der Waals surface area contributed by atoms with Crippen molar-refractivity contribution in [1.29, 1.82) is 0 Å². The van der Waals surface area contributed by atoms with E-state index in [0.29, 0.717) is 5.69 Å². The zero-order valence-electron chi connectivity index (χ0n) is 10.4. The van der Waals surface area contributed by atoms with Gasteiger partial charge in [-0.25, -0.2) is 0 Å². The minimum Gasteiger partial charge on any atom is -0.496 e. The molecule has 2 aromatic rings. The second-order valence-corrected chi connectivity index (χ2v) is 4.57. The van der Waals surface area contributed by atoms with Crippen molar-refractivity contribution in [1.82, 2.24) is 0 Å². The molecule has 2 rings (SSSR count). The van der Waals surface area contributed by atoms with Crippen LogP contribution in [0.25, 0.3) is 11.1 Å². The van der Waals surface area contributed by atoms with E-state index in [2.05, 4.69) is 15.9 Å². The van der Waals surface area contributed by atoms with Gasteiger partial charge in [-0.05, 0) is 35.4 Å². The molecule has 0 aliphatic carbocycles. The third kappa shape index (κ3) is 3.07. The summed E-state index contributed by atoms with van der Waals surface area (Å²) in [5, 5.41) is 19.0. The van der Waals surface area contributed by atoms with Crippen LogP contribution >= 0.6 is 15.9 Å². The monoisotopic (exact) mass is 323 g/mol. The molecule has 0 spiro atoms. The molecule has 0 fully saturated rings. The topological polar surface area (TPSA) is 52.9 Å². The fourth-order valence-electron chi connectivity index (χ4n) is 1.86. The van der Waals surface area contributed by atoms with Crippen LogP contribution < -0.4 is 9.96 Å². The first-order valence-electron chi connectivity index (χ1n) is 5.67. The maximum absolute atomic E-state index is 9.07. The molecule has 0 saturated heterocycles. The highest BCUT2D eigenvalue weighted by molar-refractivity contribution is 9.08. The number of halogens is 1. The lowest BCUT2D eigenvalue weighted by molar-refractivity contribution is 0.0292. The van der Waals surface area contributed by atoms with Gasteiger partial charge >= 0.3 is 0 Å². The Hall–Kier alpha value is -1.56. The maximum atomic E-state index is 9.07.